The van der Waals surface area contributed by atoms with Crippen LogP contribution in [0.5, 0.6) is 0 Å². The Morgan fingerprint density at radius 3 is 2.50 bits per heavy atom. The Morgan fingerprint density at radius 2 is 1.77 bits per heavy atom. The number of nitrogens with zero attached hydrogens (tertiary/aromatic N) is 5. The van der Waals surface area contributed by atoms with E-state index in [-0.39, 0.29) is 5.91 Å². The van der Waals surface area contributed by atoms with E-state index < -0.39 is 0 Å². The maximum Gasteiger partial charge on any atom is 0.273 e. The summed E-state index contributed by atoms with van der Waals surface area (Å²) in [4.78, 5) is 30.9. The maximum atomic E-state index is 13.3. The van der Waals surface area contributed by atoms with Crippen molar-refractivity contribution < 1.29 is 4.79 Å². The summed E-state index contributed by atoms with van der Waals surface area (Å²) in [7, 11) is 0. The number of aryl methyl sites for hydroxylation is 2. The fourth-order valence-corrected chi connectivity index (χ4v) is 4.31. The SMILES string of the molecule is Cc1cc(C)nc(N2C=C3CN(C(=O)c4ncccc4-c4ccccc4)CC3C2)n1. The van der Waals surface area contributed by atoms with Crippen molar-refractivity contribution in [1.82, 2.24) is 19.9 Å². The smallest absolute Gasteiger partial charge is 0.273 e. The Morgan fingerprint density at radius 1 is 1.00 bits per heavy atom. The molecule has 1 amide bonds. The first-order chi connectivity index (χ1) is 14.6. The van der Waals surface area contributed by atoms with Crippen molar-refractivity contribution in [3.63, 3.8) is 0 Å². The van der Waals surface area contributed by atoms with Gasteiger partial charge in [-0.15, -0.1) is 0 Å². The number of hydrogen-bond donors (Lipinski definition) is 0. The van der Waals surface area contributed by atoms with Gasteiger partial charge in [0.2, 0.25) is 5.95 Å². The molecule has 3 aromatic rings. The molecule has 6 heteroatoms. The Bertz CT molecular complexity index is 1120. The normalized spacial score (nSPS) is 17.8. The molecule has 30 heavy (non-hydrogen) atoms. The predicted molar refractivity (Wildman–Crippen MR) is 116 cm³/mol. The highest BCUT2D eigenvalue weighted by atomic mass is 16.2. The monoisotopic (exact) mass is 397 g/mol. The maximum absolute atomic E-state index is 13.3. The molecule has 0 N–H and O–H groups in total. The van der Waals surface area contributed by atoms with E-state index in [9.17, 15) is 4.79 Å². The number of aromatic nitrogens is 3. The zero-order valence-corrected chi connectivity index (χ0v) is 17.1. The minimum atomic E-state index is -0.0149. The summed E-state index contributed by atoms with van der Waals surface area (Å²) < 4.78 is 0. The van der Waals surface area contributed by atoms with E-state index in [1.807, 2.05) is 67.3 Å². The number of amides is 1. The van der Waals surface area contributed by atoms with Crippen LogP contribution >= 0.6 is 0 Å². The molecule has 4 heterocycles. The van der Waals surface area contributed by atoms with Gasteiger partial charge in [-0.05, 0) is 37.1 Å². The Kier molecular flexibility index (Phi) is 4.54. The van der Waals surface area contributed by atoms with Crippen LogP contribution in [0.4, 0.5) is 5.95 Å². The van der Waals surface area contributed by atoms with E-state index in [0.29, 0.717) is 24.7 Å². The molecule has 0 saturated carbocycles. The number of anilines is 1. The van der Waals surface area contributed by atoms with Crippen molar-refractivity contribution in [3.8, 4) is 11.1 Å². The van der Waals surface area contributed by atoms with Crippen LogP contribution in [0.1, 0.15) is 21.9 Å². The van der Waals surface area contributed by atoms with Crippen LogP contribution in [-0.4, -0.2) is 45.4 Å². The van der Waals surface area contributed by atoms with Crippen molar-refractivity contribution >= 4 is 11.9 Å². The number of hydrogen-bond acceptors (Lipinski definition) is 5. The van der Waals surface area contributed by atoms with Gasteiger partial charge in [0.1, 0.15) is 5.69 Å². The number of carbonyl (C=O) groups is 1. The van der Waals surface area contributed by atoms with E-state index in [2.05, 4.69) is 26.1 Å². The summed E-state index contributed by atoms with van der Waals surface area (Å²) in [6, 6.07) is 15.8. The van der Waals surface area contributed by atoms with Crippen LogP contribution < -0.4 is 4.90 Å². The summed E-state index contributed by atoms with van der Waals surface area (Å²) >= 11 is 0. The summed E-state index contributed by atoms with van der Waals surface area (Å²) in [5.74, 6) is 1.03. The van der Waals surface area contributed by atoms with E-state index in [4.69, 9.17) is 0 Å². The van der Waals surface area contributed by atoms with E-state index in [1.165, 1.54) is 5.57 Å². The first-order valence-corrected chi connectivity index (χ1v) is 10.2. The third-order valence-corrected chi connectivity index (χ3v) is 5.69. The van der Waals surface area contributed by atoms with Crippen LogP contribution in [-0.2, 0) is 0 Å². The summed E-state index contributed by atoms with van der Waals surface area (Å²) in [6.45, 7) is 6.09. The fourth-order valence-electron chi connectivity index (χ4n) is 4.31. The van der Waals surface area contributed by atoms with Crippen molar-refractivity contribution in [2.75, 3.05) is 24.5 Å². The molecule has 0 radical (unpaired) electrons. The molecule has 2 aliphatic rings. The minimum absolute atomic E-state index is 0.0149. The fraction of sp³-hybridized carbons (Fsp3) is 0.250. The van der Waals surface area contributed by atoms with Gasteiger partial charge in [0.05, 0.1) is 0 Å². The molecule has 0 spiro atoms. The zero-order valence-electron chi connectivity index (χ0n) is 17.1. The van der Waals surface area contributed by atoms with Gasteiger partial charge >= 0.3 is 0 Å². The van der Waals surface area contributed by atoms with Gasteiger partial charge in [-0.3, -0.25) is 9.78 Å². The number of fused-ring (bicyclic) bond motifs is 1. The molecule has 150 valence electrons. The molecule has 6 nitrogen and oxygen atoms in total. The second kappa shape index (κ2) is 7.37. The zero-order chi connectivity index (χ0) is 20.7. The molecule has 2 aliphatic heterocycles. The molecular formula is C24H23N5O. The highest BCUT2D eigenvalue weighted by molar-refractivity contribution is 5.99. The molecule has 1 fully saturated rings. The van der Waals surface area contributed by atoms with Crippen molar-refractivity contribution in [1.29, 1.82) is 0 Å². The van der Waals surface area contributed by atoms with Crippen LogP contribution in [0.3, 0.4) is 0 Å². The molecule has 1 atom stereocenters. The molecule has 1 aromatic carbocycles. The van der Waals surface area contributed by atoms with Gasteiger partial charge in [0, 0.05) is 54.9 Å². The molecule has 0 aliphatic carbocycles. The molecule has 1 saturated heterocycles. The van der Waals surface area contributed by atoms with E-state index in [0.717, 1.165) is 35.0 Å². The van der Waals surface area contributed by atoms with E-state index >= 15 is 0 Å². The minimum Gasteiger partial charge on any atom is -0.333 e. The van der Waals surface area contributed by atoms with Crippen molar-refractivity contribution in [2.45, 2.75) is 13.8 Å². The van der Waals surface area contributed by atoms with Crippen LogP contribution in [0, 0.1) is 19.8 Å². The lowest BCUT2D eigenvalue weighted by Gasteiger charge is -2.20. The molecule has 2 aromatic heterocycles. The second-order valence-electron chi connectivity index (χ2n) is 7.96. The average molecular weight is 397 g/mol. The number of rotatable bonds is 3. The Labute approximate surface area is 175 Å². The highest BCUT2D eigenvalue weighted by Crippen LogP contribution is 2.33. The lowest BCUT2D eigenvalue weighted by atomic mass is 10.0. The lowest BCUT2D eigenvalue weighted by Crippen LogP contribution is -2.32. The third-order valence-electron chi connectivity index (χ3n) is 5.69. The summed E-state index contributed by atoms with van der Waals surface area (Å²) in [5, 5.41) is 0. The molecule has 0 bridgehead atoms. The number of carbonyl (C=O) groups excluding carboxylic acids is 1. The molecule has 5 rings (SSSR count). The quantitative estimate of drug-likeness (QED) is 0.675. The van der Waals surface area contributed by atoms with Gasteiger partial charge in [-0.2, -0.15) is 0 Å². The number of pyridine rings is 1. The van der Waals surface area contributed by atoms with Crippen LogP contribution in [0.25, 0.3) is 11.1 Å². The number of likely N-dealkylation sites (tertiary alicyclic amines) is 1. The first-order valence-electron chi connectivity index (χ1n) is 10.2. The topological polar surface area (TPSA) is 62.2 Å². The Balaban J connectivity index is 1.37. The standard InChI is InChI=1S/C24H23N5O/c1-16-11-17(2)27-24(26-16)29-14-19-12-28(13-20(19)15-29)23(30)22-21(9-6-10-25-22)18-7-4-3-5-8-18/h3-11,14,20H,12-13,15H2,1-2H3. The highest BCUT2D eigenvalue weighted by Gasteiger charge is 2.37. The average Bonchev–Trinajstić information content (AvgIpc) is 3.33. The van der Waals surface area contributed by atoms with Crippen molar-refractivity contribution in [2.24, 2.45) is 5.92 Å². The van der Waals surface area contributed by atoms with Gasteiger partial charge < -0.3 is 9.80 Å². The van der Waals surface area contributed by atoms with Gasteiger partial charge in [-0.25, -0.2) is 9.97 Å². The first kappa shape index (κ1) is 18.5. The van der Waals surface area contributed by atoms with Gasteiger partial charge in [-0.1, -0.05) is 36.4 Å². The summed E-state index contributed by atoms with van der Waals surface area (Å²) in [5.41, 5.74) is 5.58. The lowest BCUT2D eigenvalue weighted by molar-refractivity contribution is 0.0784. The molecule has 1 unspecified atom stereocenters. The van der Waals surface area contributed by atoms with Crippen LogP contribution in [0.15, 0.2) is 66.5 Å². The van der Waals surface area contributed by atoms with E-state index in [1.54, 1.807) is 6.20 Å². The molecular weight excluding hydrogens is 374 g/mol. The van der Waals surface area contributed by atoms with Gasteiger partial charge in [0.15, 0.2) is 0 Å². The van der Waals surface area contributed by atoms with Crippen LogP contribution in [0.2, 0.25) is 0 Å². The predicted octanol–water partition coefficient (Wildman–Crippen LogP) is 3.63. The summed E-state index contributed by atoms with van der Waals surface area (Å²) in [6.07, 6.45) is 3.80. The van der Waals surface area contributed by atoms with Gasteiger partial charge in [0.25, 0.3) is 5.91 Å². The Hall–Kier alpha value is -3.54. The second-order valence-corrected chi connectivity index (χ2v) is 7.96. The third kappa shape index (κ3) is 3.34. The largest absolute Gasteiger partial charge is 0.333 e. The van der Waals surface area contributed by atoms with Crippen molar-refractivity contribution in [3.05, 3.63) is 83.6 Å². The number of benzene rings is 1.